The maximum atomic E-state index is 13.0. The Morgan fingerprint density at radius 1 is 1.32 bits per heavy atom. The average molecular weight is 425 g/mol. The van der Waals surface area contributed by atoms with Crippen LogP contribution in [0.15, 0.2) is 40.9 Å². The molecular weight excluding hydrogens is 400 g/mol. The number of anilines is 1. The van der Waals surface area contributed by atoms with Gasteiger partial charge in [-0.05, 0) is 24.6 Å². The van der Waals surface area contributed by atoms with Gasteiger partial charge in [-0.3, -0.25) is 14.7 Å². The van der Waals surface area contributed by atoms with Gasteiger partial charge in [0.2, 0.25) is 10.0 Å². The number of piperazine rings is 1. The van der Waals surface area contributed by atoms with Crippen molar-refractivity contribution in [3.05, 3.63) is 40.8 Å². The Morgan fingerprint density at radius 2 is 2.07 bits per heavy atom. The van der Waals surface area contributed by atoms with Gasteiger partial charge in [-0.25, -0.2) is 8.42 Å². The fourth-order valence-corrected chi connectivity index (χ4v) is 5.20. The molecule has 10 heteroatoms. The predicted octanol–water partition coefficient (Wildman–Crippen LogP) is 1.47. The summed E-state index contributed by atoms with van der Waals surface area (Å²) in [6, 6.07) is 6.35. The maximum Gasteiger partial charge on any atom is 0.267 e. The van der Waals surface area contributed by atoms with Crippen molar-refractivity contribution in [3.8, 4) is 0 Å². The Morgan fingerprint density at radius 3 is 2.68 bits per heavy atom. The minimum atomic E-state index is -3.65. The lowest BCUT2D eigenvalue weighted by Crippen LogP contribution is -2.52. The fraction of sp³-hybridized carbons (Fsp3) is 0.444. The second-order valence-electron chi connectivity index (χ2n) is 6.53. The summed E-state index contributed by atoms with van der Waals surface area (Å²) in [5.41, 5.74) is 1.99. The SMILES string of the molecule is CC[C@H](CO)N1CCN(S(=O)(=O)c2cccc(NC(=O)c3cncs3)c2)CC1. The van der Waals surface area contributed by atoms with Gasteiger partial charge in [-0.2, -0.15) is 4.31 Å². The summed E-state index contributed by atoms with van der Waals surface area (Å²) >= 11 is 1.22. The molecule has 0 spiro atoms. The summed E-state index contributed by atoms with van der Waals surface area (Å²) in [4.78, 5) is 18.8. The number of hydrogen-bond donors (Lipinski definition) is 2. The molecule has 1 fully saturated rings. The van der Waals surface area contributed by atoms with Gasteiger partial charge in [0.05, 0.1) is 23.2 Å². The van der Waals surface area contributed by atoms with Crippen LogP contribution in [0.4, 0.5) is 5.69 Å². The van der Waals surface area contributed by atoms with Crippen LogP contribution in [0, 0.1) is 0 Å². The summed E-state index contributed by atoms with van der Waals surface area (Å²) in [5, 5.41) is 12.2. The van der Waals surface area contributed by atoms with Crippen molar-refractivity contribution in [1.82, 2.24) is 14.2 Å². The van der Waals surface area contributed by atoms with E-state index in [1.807, 2.05) is 6.92 Å². The first-order valence-electron chi connectivity index (χ1n) is 9.10. The number of aliphatic hydroxyl groups is 1. The topological polar surface area (TPSA) is 103 Å². The highest BCUT2D eigenvalue weighted by molar-refractivity contribution is 7.89. The van der Waals surface area contributed by atoms with E-state index in [0.29, 0.717) is 36.7 Å². The number of benzene rings is 1. The highest BCUT2D eigenvalue weighted by Gasteiger charge is 2.30. The minimum Gasteiger partial charge on any atom is -0.395 e. The first kappa shape index (κ1) is 20.9. The highest BCUT2D eigenvalue weighted by Crippen LogP contribution is 2.22. The number of aliphatic hydroxyl groups excluding tert-OH is 1. The molecule has 1 aromatic carbocycles. The first-order valence-corrected chi connectivity index (χ1v) is 11.4. The zero-order valence-corrected chi connectivity index (χ0v) is 17.2. The Balaban J connectivity index is 1.70. The van der Waals surface area contributed by atoms with Crippen LogP contribution in [0.5, 0.6) is 0 Å². The molecule has 0 unspecified atom stereocenters. The third kappa shape index (κ3) is 4.58. The molecule has 2 aromatic rings. The van der Waals surface area contributed by atoms with Crippen molar-refractivity contribution in [2.24, 2.45) is 0 Å². The van der Waals surface area contributed by atoms with E-state index >= 15 is 0 Å². The van der Waals surface area contributed by atoms with Gasteiger partial charge in [0.25, 0.3) is 5.91 Å². The number of nitrogens with zero attached hydrogens (tertiary/aromatic N) is 3. The number of carbonyl (C=O) groups is 1. The number of carbonyl (C=O) groups excluding carboxylic acids is 1. The molecule has 28 heavy (non-hydrogen) atoms. The summed E-state index contributed by atoms with van der Waals surface area (Å²) in [5.74, 6) is -0.319. The zero-order valence-electron chi connectivity index (χ0n) is 15.6. The number of nitrogens with one attached hydrogen (secondary N) is 1. The van der Waals surface area contributed by atoms with E-state index in [1.165, 1.54) is 34.0 Å². The van der Waals surface area contributed by atoms with Crippen LogP contribution >= 0.6 is 11.3 Å². The molecule has 1 amide bonds. The third-order valence-electron chi connectivity index (χ3n) is 4.86. The Kier molecular flexibility index (Phi) is 6.78. The largest absolute Gasteiger partial charge is 0.395 e. The van der Waals surface area contributed by atoms with Crippen molar-refractivity contribution in [3.63, 3.8) is 0 Å². The van der Waals surface area contributed by atoms with Gasteiger partial charge >= 0.3 is 0 Å². The van der Waals surface area contributed by atoms with Gasteiger partial charge in [0.15, 0.2) is 0 Å². The van der Waals surface area contributed by atoms with Crippen LogP contribution in [0.3, 0.4) is 0 Å². The van der Waals surface area contributed by atoms with E-state index in [2.05, 4.69) is 15.2 Å². The van der Waals surface area contributed by atoms with Gasteiger partial charge in [0.1, 0.15) is 4.88 Å². The first-order chi connectivity index (χ1) is 13.5. The van der Waals surface area contributed by atoms with Crippen LogP contribution in [0.25, 0.3) is 0 Å². The van der Waals surface area contributed by atoms with Crippen molar-refractivity contribution < 1.29 is 18.3 Å². The van der Waals surface area contributed by atoms with Gasteiger partial charge in [0, 0.05) is 37.9 Å². The average Bonchev–Trinajstić information content (AvgIpc) is 3.25. The fourth-order valence-electron chi connectivity index (χ4n) is 3.22. The Bertz CT molecular complexity index is 890. The van der Waals surface area contributed by atoms with E-state index in [1.54, 1.807) is 17.6 Å². The monoisotopic (exact) mass is 424 g/mol. The zero-order chi connectivity index (χ0) is 20.1. The highest BCUT2D eigenvalue weighted by atomic mass is 32.2. The lowest BCUT2D eigenvalue weighted by Gasteiger charge is -2.37. The van der Waals surface area contributed by atoms with Crippen LogP contribution in [0.1, 0.15) is 23.0 Å². The number of rotatable bonds is 7. The smallest absolute Gasteiger partial charge is 0.267 e. The standard InChI is InChI=1S/C18H24N4O4S2/c1-2-15(12-23)21-6-8-22(9-7-21)28(25,26)16-5-3-4-14(10-16)20-18(24)17-11-19-13-27-17/h3-5,10-11,13,15,23H,2,6-9,12H2,1H3,(H,20,24)/t15-/m1/s1. The summed E-state index contributed by atoms with van der Waals surface area (Å²) < 4.78 is 27.5. The predicted molar refractivity (Wildman–Crippen MR) is 108 cm³/mol. The third-order valence-corrected chi connectivity index (χ3v) is 7.52. The number of aromatic nitrogens is 1. The van der Waals surface area contributed by atoms with Gasteiger partial charge in [-0.1, -0.05) is 13.0 Å². The molecule has 0 saturated carbocycles. The number of amides is 1. The molecule has 0 aliphatic carbocycles. The van der Waals surface area contributed by atoms with Crippen molar-refractivity contribution in [1.29, 1.82) is 0 Å². The number of sulfonamides is 1. The van der Waals surface area contributed by atoms with Crippen molar-refractivity contribution >= 4 is 33.0 Å². The summed E-state index contributed by atoms with van der Waals surface area (Å²) in [6.45, 7) is 3.99. The van der Waals surface area contributed by atoms with Crippen LogP contribution < -0.4 is 5.32 Å². The molecule has 1 aromatic heterocycles. The van der Waals surface area contributed by atoms with Crippen LogP contribution in [0.2, 0.25) is 0 Å². The molecule has 2 heterocycles. The van der Waals surface area contributed by atoms with E-state index in [4.69, 9.17) is 0 Å². The summed E-state index contributed by atoms with van der Waals surface area (Å²) in [7, 11) is -3.65. The quantitative estimate of drug-likeness (QED) is 0.698. The Labute approximate surface area is 168 Å². The molecule has 2 N–H and O–H groups in total. The summed E-state index contributed by atoms with van der Waals surface area (Å²) in [6.07, 6.45) is 2.29. The molecule has 0 bridgehead atoms. The molecule has 0 radical (unpaired) electrons. The van der Waals surface area contributed by atoms with Gasteiger partial charge < -0.3 is 10.4 Å². The van der Waals surface area contributed by atoms with E-state index in [0.717, 1.165) is 6.42 Å². The molecule has 8 nitrogen and oxygen atoms in total. The van der Waals surface area contributed by atoms with Crippen LogP contribution in [-0.4, -0.2) is 72.4 Å². The second-order valence-corrected chi connectivity index (χ2v) is 9.36. The second kappa shape index (κ2) is 9.10. The van der Waals surface area contributed by atoms with Crippen molar-refractivity contribution in [2.45, 2.75) is 24.3 Å². The van der Waals surface area contributed by atoms with Crippen LogP contribution in [-0.2, 0) is 10.0 Å². The van der Waals surface area contributed by atoms with Gasteiger partial charge in [-0.15, -0.1) is 11.3 Å². The molecule has 1 atom stereocenters. The van der Waals surface area contributed by atoms with E-state index in [-0.39, 0.29) is 23.5 Å². The molecule has 3 rings (SSSR count). The van der Waals surface area contributed by atoms with E-state index < -0.39 is 10.0 Å². The van der Waals surface area contributed by atoms with E-state index in [9.17, 15) is 18.3 Å². The molecule has 1 aliphatic rings. The molecule has 152 valence electrons. The molecule has 1 saturated heterocycles. The lowest BCUT2D eigenvalue weighted by molar-refractivity contribution is 0.0881. The van der Waals surface area contributed by atoms with Crippen molar-refractivity contribution in [2.75, 3.05) is 38.1 Å². The minimum absolute atomic E-state index is 0.0649. The maximum absolute atomic E-state index is 13.0. The lowest BCUT2D eigenvalue weighted by atomic mass is 10.2. The Hall–Kier alpha value is -1.85. The number of thiazole rings is 1. The molecule has 1 aliphatic heterocycles. The number of hydrogen-bond acceptors (Lipinski definition) is 7. The normalized spacial score (nSPS) is 17.4. The molecular formula is C18H24N4O4S2.